The molecule has 1 aliphatic rings. The number of amides is 2. The zero-order valence-electron chi connectivity index (χ0n) is 15.7. The number of nitrogens with two attached hydrogens (primary N) is 1. The number of imide groups is 1. The first-order chi connectivity index (χ1) is 13.9. The minimum atomic E-state index is -0.724. The molecule has 0 radical (unpaired) electrons. The summed E-state index contributed by atoms with van der Waals surface area (Å²) in [4.78, 5) is 34.6. The number of benzene rings is 2. The van der Waals surface area contributed by atoms with E-state index < -0.39 is 23.2 Å². The monoisotopic (exact) mass is 468 g/mol. The number of esters is 1. The molecule has 2 aromatic carbocycles. The van der Waals surface area contributed by atoms with Crippen LogP contribution in [-0.4, -0.2) is 30.3 Å². The highest BCUT2D eigenvalue weighted by molar-refractivity contribution is 8.18. The van der Waals surface area contributed by atoms with Gasteiger partial charge in [0.2, 0.25) is 0 Å². The van der Waals surface area contributed by atoms with Gasteiger partial charge in [-0.1, -0.05) is 29.8 Å². The maximum Gasteiger partial charge on any atom is 0.322 e. The van der Waals surface area contributed by atoms with Crippen LogP contribution in [0.3, 0.4) is 0 Å². The van der Waals surface area contributed by atoms with E-state index in [2.05, 4.69) is 10.1 Å². The average molecular weight is 469 g/mol. The van der Waals surface area contributed by atoms with E-state index in [0.717, 1.165) is 17.3 Å². The summed E-state index contributed by atoms with van der Waals surface area (Å²) in [5, 5.41) is 2.15. The molecular formula is C20H18Cl2N2O5S. The number of thioether (sulfide) groups is 1. The Morgan fingerprint density at radius 2 is 1.93 bits per heavy atom. The second-order valence-electron chi connectivity index (χ2n) is 6.12. The predicted molar refractivity (Wildman–Crippen MR) is 118 cm³/mol. The molecule has 1 heterocycles. The Morgan fingerprint density at radius 3 is 2.50 bits per heavy atom. The Kier molecular flexibility index (Phi) is 8.31. The Hall–Kier alpha value is -2.52. The number of hydrogen-bond acceptors (Lipinski definition) is 7. The number of methoxy groups -OCH3 is 1. The number of nitrogens with one attached hydrogen (secondary N) is 1. The number of ether oxygens (including phenoxy) is 2. The van der Waals surface area contributed by atoms with E-state index in [1.165, 1.54) is 7.11 Å². The van der Waals surface area contributed by atoms with Gasteiger partial charge in [0.25, 0.3) is 11.1 Å². The lowest BCUT2D eigenvalue weighted by atomic mass is 10.1. The van der Waals surface area contributed by atoms with Gasteiger partial charge in [0.1, 0.15) is 17.5 Å². The van der Waals surface area contributed by atoms with E-state index in [1.807, 2.05) is 0 Å². The summed E-state index contributed by atoms with van der Waals surface area (Å²) in [7, 11) is 1.30. The average Bonchev–Trinajstić information content (AvgIpc) is 3.01. The van der Waals surface area contributed by atoms with Crippen molar-refractivity contribution in [2.75, 3.05) is 7.11 Å². The molecule has 0 spiro atoms. The first-order valence-corrected chi connectivity index (χ1v) is 9.70. The van der Waals surface area contributed by atoms with E-state index in [-0.39, 0.29) is 12.4 Å². The third-order valence-corrected chi connectivity index (χ3v) is 5.11. The Bertz CT molecular complexity index is 995. The van der Waals surface area contributed by atoms with Gasteiger partial charge in [-0.25, -0.2) is 0 Å². The minimum absolute atomic E-state index is 0. The molecular weight excluding hydrogens is 451 g/mol. The van der Waals surface area contributed by atoms with Gasteiger partial charge < -0.3 is 15.2 Å². The lowest BCUT2D eigenvalue weighted by Gasteiger charge is -2.11. The van der Waals surface area contributed by atoms with Crippen LogP contribution in [0.2, 0.25) is 5.02 Å². The number of carbonyl (C=O) groups is 3. The third-order valence-electron chi connectivity index (χ3n) is 4.01. The van der Waals surface area contributed by atoms with E-state index in [4.69, 9.17) is 22.1 Å². The van der Waals surface area contributed by atoms with E-state index in [9.17, 15) is 14.4 Å². The summed E-state index contributed by atoms with van der Waals surface area (Å²) in [5.41, 5.74) is 7.29. The maximum atomic E-state index is 11.6. The molecule has 3 N–H and O–H groups in total. The zero-order valence-corrected chi connectivity index (χ0v) is 18.1. The predicted octanol–water partition coefficient (Wildman–Crippen LogP) is 3.92. The van der Waals surface area contributed by atoms with Gasteiger partial charge in [0.15, 0.2) is 0 Å². The highest BCUT2D eigenvalue weighted by Gasteiger charge is 2.25. The summed E-state index contributed by atoms with van der Waals surface area (Å²) in [6.45, 7) is 0. The number of hydrogen-bond donors (Lipinski definition) is 2. The van der Waals surface area contributed by atoms with Crippen molar-refractivity contribution in [3.05, 3.63) is 63.5 Å². The molecule has 2 amide bonds. The summed E-state index contributed by atoms with van der Waals surface area (Å²) in [5.74, 6) is 0.102. The van der Waals surface area contributed by atoms with Crippen LogP contribution in [0.25, 0.3) is 6.08 Å². The van der Waals surface area contributed by atoms with Gasteiger partial charge in [-0.3, -0.25) is 19.7 Å². The number of carbonyl (C=O) groups excluding carboxylic acids is 3. The summed E-state index contributed by atoms with van der Waals surface area (Å²) >= 11 is 7.12. The van der Waals surface area contributed by atoms with Crippen LogP contribution >= 0.6 is 35.8 Å². The molecule has 1 atom stereocenters. The van der Waals surface area contributed by atoms with Crippen LogP contribution in [0, 0.1) is 0 Å². The number of rotatable bonds is 6. The maximum absolute atomic E-state index is 11.6. The zero-order chi connectivity index (χ0) is 21.0. The highest BCUT2D eigenvalue weighted by atomic mass is 35.5. The number of halogens is 2. The molecule has 0 saturated carbocycles. The van der Waals surface area contributed by atoms with Gasteiger partial charge in [0, 0.05) is 0 Å². The van der Waals surface area contributed by atoms with Crippen LogP contribution in [0.15, 0.2) is 47.4 Å². The second-order valence-corrected chi connectivity index (χ2v) is 7.54. The van der Waals surface area contributed by atoms with Gasteiger partial charge in [-0.2, -0.15) is 0 Å². The van der Waals surface area contributed by atoms with Crippen LogP contribution in [0.1, 0.15) is 11.1 Å². The van der Waals surface area contributed by atoms with Crippen molar-refractivity contribution in [3.8, 4) is 11.5 Å². The Labute approximate surface area is 188 Å². The normalized spacial score (nSPS) is 15.4. The molecule has 1 saturated heterocycles. The third kappa shape index (κ3) is 5.99. The lowest BCUT2D eigenvalue weighted by Crippen LogP contribution is -2.33. The molecule has 0 aliphatic carbocycles. The summed E-state index contributed by atoms with van der Waals surface area (Å²) in [6, 6.07) is 11.4. The van der Waals surface area contributed by atoms with Crippen LogP contribution in [0.4, 0.5) is 4.79 Å². The van der Waals surface area contributed by atoms with E-state index >= 15 is 0 Å². The van der Waals surface area contributed by atoms with Gasteiger partial charge in [0.05, 0.1) is 17.0 Å². The highest BCUT2D eigenvalue weighted by Crippen LogP contribution is 2.32. The fourth-order valence-electron chi connectivity index (χ4n) is 2.57. The molecule has 0 bridgehead atoms. The largest absolute Gasteiger partial charge is 0.468 e. The molecule has 0 aromatic heterocycles. The van der Waals surface area contributed by atoms with Crippen molar-refractivity contribution in [3.63, 3.8) is 0 Å². The molecule has 7 nitrogen and oxygen atoms in total. The first kappa shape index (κ1) is 23.8. The van der Waals surface area contributed by atoms with Crippen molar-refractivity contribution in [1.29, 1.82) is 0 Å². The Balaban J connectivity index is 0.00000320. The van der Waals surface area contributed by atoms with Crippen LogP contribution in [0.5, 0.6) is 11.5 Å². The smallest absolute Gasteiger partial charge is 0.322 e. The molecule has 3 rings (SSSR count). The second kappa shape index (κ2) is 10.5. The van der Waals surface area contributed by atoms with Gasteiger partial charge in [-0.15, -0.1) is 12.4 Å². The first-order valence-electron chi connectivity index (χ1n) is 8.50. The minimum Gasteiger partial charge on any atom is -0.468 e. The van der Waals surface area contributed by atoms with Crippen molar-refractivity contribution < 1.29 is 23.9 Å². The molecule has 158 valence electrons. The van der Waals surface area contributed by atoms with Crippen molar-refractivity contribution in [1.82, 2.24) is 5.32 Å². The van der Waals surface area contributed by atoms with Gasteiger partial charge in [-0.05, 0) is 59.7 Å². The standard InChI is InChI=1S/C20H17ClN2O5S.ClH/c1-27-19(25)15(22)9-11-2-5-13(6-3-11)28-16-7-4-12(8-14(16)21)10-17-18(24)23-20(26)29-17;/h2-8,10,15H,9,22H2,1H3,(H,23,24,26);1H/b17-10+;/t15-;/m0./s1. The van der Waals surface area contributed by atoms with Crippen molar-refractivity contribution in [2.24, 2.45) is 5.73 Å². The van der Waals surface area contributed by atoms with Crippen LogP contribution in [-0.2, 0) is 20.7 Å². The summed E-state index contributed by atoms with van der Waals surface area (Å²) < 4.78 is 10.4. The molecule has 30 heavy (non-hydrogen) atoms. The molecule has 2 aromatic rings. The Morgan fingerprint density at radius 1 is 1.23 bits per heavy atom. The molecule has 1 aliphatic heterocycles. The summed E-state index contributed by atoms with van der Waals surface area (Å²) in [6.07, 6.45) is 1.94. The fraction of sp³-hybridized carbons (Fsp3) is 0.150. The molecule has 1 fully saturated rings. The van der Waals surface area contributed by atoms with Crippen LogP contribution < -0.4 is 15.8 Å². The lowest BCUT2D eigenvalue weighted by molar-refractivity contribution is -0.142. The molecule has 0 unspecified atom stereocenters. The van der Waals surface area contributed by atoms with E-state index in [0.29, 0.717) is 33.4 Å². The van der Waals surface area contributed by atoms with Crippen molar-refractivity contribution in [2.45, 2.75) is 12.5 Å². The van der Waals surface area contributed by atoms with E-state index in [1.54, 1.807) is 48.5 Å². The SMILES string of the molecule is COC(=O)[C@@H](N)Cc1ccc(Oc2ccc(/C=C3/SC(=O)NC3=O)cc2Cl)cc1.Cl. The fourth-order valence-corrected chi connectivity index (χ4v) is 3.48. The quantitative estimate of drug-likeness (QED) is 0.488. The van der Waals surface area contributed by atoms with Crippen molar-refractivity contribution >= 4 is 59.0 Å². The topological polar surface area (TPSA) is 108 Å². The van der Waals surface area contributed by atoms with Gasteiger partial charge >= 0.3 is 5.97 Å². The molecule has 10 heteroatoms.